The highest BCUT2D eigenvalue weighted by molar-refractivity contribution is 7.15. The summed E-state index contributed by atoms with van der Waals surface area (Å²) in [6.07, 6.45) is 0. The molecule has 2 aromatic heterocycles. The minimum atomic E-state index is -0.560. The molecule has 1 amide bonds. The summed E-state index contributed by atoms with van der Waals surface area (Å²) < 4.78 is 6.33. The van der Waals surface area contributed by atoms with Gasteiger partial charge in [-0.05, 0) is 19.1 Å². The number of benzene rings is 1. The van der Waals surface area contributed by atoms with Crippen molar-refractivity contribution in [1.29, 1.82) is 0 Å². The Bertz CT molecular complexity index is 832. The van der Waals surface area contributed by atoms with E-state index in [4.69, 9.17) is 4.42 Å². The Morgan fingerprint density at radius 3 is 2.95 bits per heavy atom. The second-order valence-corrected chi connectivity index (χ2v) is 5.28. The van der Waals surface area contributed by atoms with Gasteiger partial charge in [-0.15, -0.1) is 10.2 Å². The van der Waals surface area contributed by atoms with E-state index >= 15 is 0 Å². The first-order valence-corrected chi connectivity index (χ1v) is 6.63. The molecule has 0 atom stereocenters. The molecule has 8 heteroatoms. The molecule has 0 unspecified atom stereocenters. The van der Waals surface area contributed by atoms with Gasteiger partial charge in [0.2, 0.25) is 11.0 Å². The normalized spacial score (nSPS) is 10.8. The predicted octanol–water partition coefficient (Wildman–Crippen LogP) is 1.39. The van der Waals surface area contributed by atoms with Crippen LogP contribution in [-0.4, -0.2) is 20.7 Å². The van der Waals surface area contributed by atoms with Crippen LogP contribution >= 0.6 is 11.3 Å². The van der Waals surface area contributed by atoms with Crippen LogP contribution in [0.15, 0.2) is 33.5 Å². The summed E-state index contributed by atoms with van der Waals surface area (Å²) in [4.78, 5) is 23.6. The van der Waals surface area contributed by atoms with Crippen molar-refractivity contribution in [3.8, 4) is 0 Å². The summed E-state index contributed by atoms with van der Waals surface area (Å²) in [6.45, 7) is 1.66. The van der Waals surface area contributed by atoms with Crippen molar-refractivity contribution in [2.45, 2.75) is 13.5 Å². The molecule has 0 aliphatic rings. The van der Waals surface area contributed by atoms with Crippen molar-refractivity contribution in [3.05, 3.63) is 39.8 Å². The molecular weight excluding hydrogens is 280 g/mol. The van der Waals surface area contributed by atoms with Crippen LogP contribution in [0.3, 0.4) is 0 Å². The number of aromatic nitrogens is 3. The number of anilines is 1. The van der Waals surface area contributed by atoms with Crippen LogP contribution in [0.1, 0.15) is 5.01 Å². The van der Waals surface area contributed by atoms with E-state index in [0.29, 0.717) is 16.2 Å². The van der Waals surface area contributed by atoms with Gasteiger partial charge in [-0.2, -0.15) is 0 Å². The molecule has 0 aliphatic carbocycles. The minimum absolute atomic E-state index is 0.130. The number of rotatable bonds is 3. The van der Waals surface area contributed by atoms with Crippen molar-refractivity contribution in [1.82, 2.24) is 14.8 Å². The maximum absolute atomic E-state index is 11.9. The molecule has 1 aromatic carbocycles. The van der Waals surface area contributed by atoms with E-state index in [9.17, 15) is 9.59 Å². The van der Waals surface area contributed by atoms with Gasteiger partial charge in [0, 0.05) is 0 Å². The van der Waals surface area contributed by atoms with E-state index in [1.54, 1.807) is 31.2 Å². The Kier molecular flexibility index (Phi) is 3.07. The number of oxazole rings is 1. The van der Waals surface area contributed by atoms with Gasteiger partial charge in [-0.1, -0.05) is 23.5 Å². The number of aryl methyl sites for hydroxylation is 1. The number of nitrogens with zero attached hydrogens (tertiary/aromatic N) is 3. The van der Waals surface area contributed by atoms with Gasteiger partial charge in [0.25, 0.3) is 0 Å². The second-order valence-electron chi connectivity index (χ2n) is 4.10. The van der Waals surface area contributed by atoms with Gasteiger partial charge in [0.15, 0.2) is 5.58 Å². The number of para-hydroxylation sites is 2. The monoisotopic (exact) mass is 290 g/mol. The number of fused-ring (bicyclic) bond motifs is 1. The van der Waals surface area contributed by atoms with E-state index in [-0.39, 0.29) is 12.5 Å². The fourth-order valence-corrected chi connectivity index (χ4v) is 2.42. The van der Waals surface area contributed by atoms with E-state index in [1.165, 1.54) is 15.9 Å². The molecule has 0 bridgehead atoms. The Morgan fingerprint density at radius 1 is 1.40 bits per heavy atom. The highest BCUT2D eigenvalue weighted by atomic mass is 32.1. The molecule has 20 heavy (non-hydrogen) atoms. The first-order chi connectivity index (χ1) is 9.63. The van der Waals surface area contributed by atoms with Crippen LogP contribution in [0.2, 0.25) is 0 Å². The Labute approximate surface area is 116 Å². The van der Waals surface area contributed by atoms with Crippen LogP contribution in [-0.2, 0) is 11.3 Å². The van der Waals surface area contributed by atoms with Crippen LogP contribution in [0, 0.1) is 6.92 Å². The number of carbonyl (C=O) groups excluding carboxylic acids is 1. The fraction of sp³-hybridized carbons (Fsp3) is 0.167. The van der Waals surface area contributed by atoms with Crippen molar-refractivity contribution in [3.63, 3.8) is 0 Å². The average Bonchev–Trinajstić information content (AvgIpc) is 2.94. The second kappa shape index (κ2) is 4.89. The van der Waals surface area contributed by atoms with Gasteiger partial charge >= 0.3 is 5.76 Å². The van der Waals surface area contributed by atoms with Crippen LogP contribution in [0.5, 0.6) is 0 Å². The Hall–Kier alpha value is -2.48. The number of hydrogen-bond acceptors (Lipinski definition) is 6. The largest absolute Gasteiger partial charge is 0.420 e. The maximum Gasteiger partial charge on any atom is 0.420 e. The van der Waals surface area contributed by atoms with Gasteiger partial charge < -0.3 is 4.42 Å². The number of nitrogens with one attached hydrogen (secondary N) is 1. The zero-order chi connectivity index (χ0) is 14.1. The molecule has 2 heterocycles. The Balaban J connectivity index is 1.84. The van der Waals surface area contributed by atoms with Crippen molar-refractivity contribution in [2.75, 3.05) is 5.32 Å². The number of hydrogen-bond donors (Lipinski definition) is 1. The zero-order valence-electron chi connectivity index (χ0n) is 10.5. The molecule has 0 fully saturated rings. The van der Waals surface area contributed by atoms with E-state index in [0.717, 1.165) is 5.01 Å². The molecule has 0 saturated heterocycles. The van der Waals surface area contributed by atoms with Crippen molar-refractivity contribution in [2.24, 2.45) is 0 Å². The molecule has 3 aromatic rings. The van der Waals surface area contributed by atoms with Gasteiger partial charge in [-0.3, -0.25) is 14.7 Å². The summed E-state index contributed by atoms with van der Waals surface area (Å²) in [5.74, 6) is -0.912. The molecule has 0 radical (unpaired) electrons. The molecule has 0 saturated carbocycles. The third-order valence-electron chi connectivity index (χ3n) is 2.65. The van der Waals surface area contributed by atoms with Crippen LogP contribution < -0.4 is 11.1 Å². The molecule has 102 valence electrons. The number of carbonyl (C=O) groups is 1. The minimum Gasteiger partial charge on any atom is -0.408 e. The van der Waals surface area contributed by atoms with Crippen molar-refractivity contribution < 1.29 is 9.21 Å². The predicted molar refractivity (Wildman–Crippen MR) is 73.7 cm³/mol. The molecule has 3 rings (SSSR count). The standard InChI is InChI=1S/C12H10N4O3S/c1-7-14-15-11(20-7)13-10(17)6-16-8-4-2-3-5-9(8)19-12(16)18/h2-5H,6H2,1H3,(H,13,15,17). The lowest BCUT2D eigenvalue weighted by atomic mass is 10.3. The molecule has 0 aliphatic heterocycles. The lowest BCUT2D eigenvalue weighted by Crippen LogP contribution is -2.24. The third-order valence-corrected chi connectivity index (χ3v) is 3.40. The smallest absolute Gasteiger partial charge is 0.408 e. The summed E-state index contributed by atoms with van der Waals surface area (Å²) in [6, 6.07) is 6.95. The van der Waals surface area contributed by atoms with Gasteiger partial charge in [0.05, 0.1) is 5.52 Å². The lowest BCUT2D eigenvalue weighted by Gasteiger charge is -2.01. The van der Waals surface area contributed by atoms with E-state index in [2.05, 4.69) is 15.5 Å². The lowest BCUT2D eigenvalue weighted by molar-refractivity contribution is -0.116. The molecule has 7 nitrogen and oxygen atoms in total. The van der Waals surface area contributed by atoms with Crippen molar-refractivity contribution >= 4 is 33.5 Å². The SMILES string of the molecule is Cc1nnc(NC(=O)Cn2c(=O)oc3ccccc32)s1. The number of amides is 1. The summed E-state index contributed by atoms with van der Waals surface area (Å²) >= 11 is 1.27. The first kappa shape index (κ1) is 12.5. The zero-order valence-corrected chi connectivity index (χ0v) is 11.3. The van der Waals surface area contributed by atoms with E-state index < -0.39 is 5.76 Å². The highest BCUT2D eigenvalue weighted by Gasteiger charge is 2.13. The molecular formula is C12H10N4O3S. The highest BCUT2D eigenvalue weighted by Crippen LogP contribution is 2.14. The molecule has 1 N–H and O–H groups in total. The quantitative estimate of drug-likeness (QED) is 0.787. The summed E-state index contributed by atoms with van der Waals surface area (Å²) in [5, 5.41) is 11.4. The maximum atomic E-state index is 11.9. The van der Waals surface area contributed by atoms with Gasteiger partial charge in [0.1, 0.15) is 11.6 Å². The fourth-order valence-electron chi connectivity index (χ4n) is 1.81. The van der Waals surface area contributed by atoms with E-state index in [1.807, 2.05) is 0 Å². The van der Waals surface area contributed by atoms with Gasteiger partial charge in [-0.25, -0.2) is 4.79 Å². The van der Waals surface area contributed by atoms with Crippen LogP contribution in [0.4, 0.5) is 5.13 Å². The third kappa shape index (κ3) is 2.32. The first-order valence-electron chi connectivity index (χ1n) is 5.82. The summed E-state index contributed by atoms with van der Waals surface area (Å²) in [5.41, 5.74) is 1.04. The molecule has 0 spiro atoms. The average molecular weight is 290 g/mol. The topological polar surface area (TPSA) is 90.0 Å². The Morgan fingerprint density at radius 2 is 2.20 bits per heavy atom. The van der Waals surface area contributed by atoms with Crippen LogP contribution in [0.25, 0.3) is 11.1 Å². The summed E-state index contributed by atoms with van der Waals surface area (Å²) in [7, 11) is 0.